The highest BCUT2D eigenvalue weighted by molar-refractivity contribution is 7.80. The Morgan fingerprint density at radius 2 is 1.60 bits per heavy atom. The molecular weight excluding hydrogens is 455 g/mol. The van der Waals surface area contributed by atoms with Gasteiger partial charge in [0.05, 0.1) is 0 Å². The Kier molecular flexibility index (Phi) is 7.36. The molecule has 3 aromatic carbocycles. The molecule has 3 aromatic rings. The third kappa shape index (κ3) is 5.96. The predicted octanol–water partition coefficient (Wildman–Crippen LogP) is 7.15. The molecule has 1 fully saturated rings. The van der Waals surface area contributed by atoms with Crippen LogP contribution in [-0.2, 0) is 10.8 Å². The van der Waals surface area contributed by atoms with Gasteiger partial charge >= 0.3 is 0 Å². The van der Waals surface area contributed by atoms with Crippen molar-refractivity contribution in [2.75, 3.05) is 11.9 Å². The van der Waals surface area contributed by atoms with E-state index in [9.17, 15) is 9.18 Å². The molecular formula is C30H33FN2OS. The smallest absolute Gasteiger partial charge is 0.193 e. The quantitative estimate of drug-likeness (QED) is 0.285. The molecule has 0 saturated heterocycles. The zero-order valence-electron chi connectivity index (χ0n) is 20.7. The summed E-state index contributed by atoms with van der Waals surface area (Å²) in [5, 5.41) is 7.11. The van der Waals surface area contributed by atoms with Crippen LogP contribution in [0.1, 0.15) is 73.5 Å². The molecule has 0 aliphatic heterocycles. The van der Waals surface area contributed by atoms with Crippen molar-refractivity contribution in [1.82, 2.24) is 5.32 Å². The number of ketones is 1. The van der Waals surface area contributed by atoms with Crippen LogP contribution in [0, 0.1) is 5.82 Å². The maximum Gasteiger partial charge on any atom is 0.193 e. The van der Waals surface area contributed by atoms with Crippen LogP contribution in [0.15, 0.2) is 72.8 Å². The lowest BCUT2D eigenvalue weighted by molar-refractivity contribution is 0.103. The predicted molar refractivity (Wildman–Crippen MR) is 146 cm³/mol. The molecule has 0 spiro atoms. The SMILES string of the molecule is CC(C)(C)c1ccc(C(=O)c2cccc(NC(=S)NCC3(c4ccc(F)cc4)CCCC3)c2)cc1. The normalized spacial score (nSPS) is 15.0. The molecule has 0 aromatic heterocycles. The molecule has 0 atom stereocenters. The van der Waals surface area contributed by atoms with E-state index in [1.54, 1.807) is 0 Å². The Morgan fingerprint density at radius 1 is 0.943 bits per heavy atom. The number of rotatable bonds is 6. The number of halogens is 1. The number of thiocarbonyl (C=S) groups is 1. The van der Waals surface area contributed by atoms with Crippen molar-refractivity contribution in [3.05, 3.63) is 101 Å². The Morgan fingerprint density at radius 3 is 2.23 bits per heavy atom. The lowest BCUT2D eigenvalue weighted by Gasteiger charge is -2.30. The van der Waals surface area contributed by atoms with Crippen molar-refractivity contribution in [3.8, 4) is 0 Å². The van der Waals surface area contributed by atoms with Crippen LogP contribution in [0.2, 0.25) is 0 Å². The monoisotopic (exact) mass is 488 g/mol. The summed E-state index contributed by atoms with van der Waals surface area (Å²) in [5.41, 5.74) is 4.39. The van der Waals surface area contributed by atoms with Crippen molar-refractivity contribution in [3.63, 3.8) is 0 Å². The van der Waals surface area contributed by atoms with Gasteiger partial charge in [-0.3, -0.25) is 4.79 Å². The molecule has 0 bridgehead atoms. The second kappa shape index (κ2) is 10.3. The van der Waals surface area contributed by atoms with Gasteiger partial charge in [0, 0.05) is 28.8 Å². The number of carbonyl (C=O) groups is 1. The van der Waals surface area contributed by atoms with Gasteiger partial charge in [0.2, 0.25) is 0 Å². The van der Waals surface area contributed by atoms with E-state index in [1.807, 2.05) is 60.7 Å². The molecule has 0 unspecified atom stereocenters. The van der Waals surface area contributed by atoms with Crippen LogP contribution in [0.4, 0.5) is 10.1 Å². The first-order valence-electron chi connectivity index (χ1n) is 12.2. The molecule has 1 aliphatic rings. The highest BCUT2D eigenvalue weighted by atomic mass is 32.1. The molecule has 35 heavy (non-hydrogen) atoms. The lowest BCUT2D eigenvalue weighted by Crippen LogP contribution is -2.40. The van der Waals surface area contributed by atoms with Crippen LogP contribution in [0.3, 0.4) is 0 Å². The van der Waals surface area contributed by atoms with E-state index < -0.39 is 0 Å². The Hall–Kier alpha value is -3.05. The zero-order valence-corrected chi connectivity index (χ0v) is 21.5. The summed E-state index contributed by atoms with van der Waals surface area (Å²) in [5.74, 6) is -0.235. The summed E-state index contributed by atoms with van der Waals surface area (Å²) in [6, 6.07) is 22.1. The first-order chi connectivity index (χ1) is 16.7. The minimum atomic E-state index is -0.216. The average Bonchev–Trinajstić information content (AvgIpc) is 3.33. The van der Waals surface area contributed by atoms with Gasteiger partial charge in [-0.15, -0.1) is 0 Å². The third-order valence-corrected chi connectivity index (χ3v) is 7.25. The van der Waals surface area contributed by atoms with Crippen LogP contribution < -0.4 is 10.6 Å². The number of anilines is 1. The number of benzene rings is 3. The topological polar surface area (TPSA) is 41.1 Å². The van der Waals surface area contributed by atoms with Crippen molar-refractivity contribution >= 4 is 28.8 Å². The van der Waals surface area contributed by atoms with Gasteiger partial charge in [-0.2, -0.15) is 0 Å². The first kappa shape index (κ1) is 25.1. The van der Waals surface area contributed by atoms with Crippen LogP contribution in [0.25, 0.3) is 0 Å². The molecule has 5 heteroatoms. The Labute approximate surface area is 213 Å². The fourth-order valence-electron chi connectivity index (χ4n) is 4.87. The maximum absolute atomic E-state index is 13.4. The minimum Gasteiger partial charge on any atom is -0.362 e. The number of hydrogen-bond donors (Lipinski definition) is 2. The summed E-state index contributed by atoms with van der Waals surface area (Å²) < 4.78 is 13.4. The molecule has 3 nitrogen and oxygen atoms in total. The van der Waals surface area contributed by atoms with Crippen molar-refractivity contribution in [1.29, 1.82) is 0 Å². The van der Waals surface area contributed by atoms with Gasteiger partial charge in [-0.05, 0) is 65.9 Å². The number of hydrogen-bond acceptors (Lipinski definition) is 2. The zero-order chi connectivity index (χ0) is 25.1. The fourth-order valence-corrected chi connectivity index (χ4v) is 5.06. The molecule has 0 radical (unpaired) electrons. The lowest BCUT2D eigenvalue weighted by atomic mass is 9.79. The Bertz CT molecular complexity index is 1190. The fraction of sp³-hybridized carbons (Fsp3) is 0.333. The second-order valence-corrected chi connectivity index (χ2v) is 10.9. The maximum atomic E-state index is 13.4. The average molecular weight is 489 g/mol. The highest BCUT2D eigenvalue weighted by Crippen LogP contribution is 2.40. The van der Waals surface area contributed by atoms with Crippen LogP contribution in [0.5, 0.6) is 0 Å². The van der Waals surface area contributed by atoms with E-state index in [0.717, 1.165) is 36.9 Å². The third-order valence-electron chi connectivity index (χ3n) is 7.00. The van der Waals surface area contributed by atoms with Gasteiger partial charge < -0.3 is 10.6 Å². The van der Waals surface area contributed by atoms with E-state index in [0.29, 0.717) is 22.8 Å². The molecule has 0 heterocycles. The van der Waals surface area contributed by atoms with Gasteiger partial charge in [0.15, 0.2) is 10.9 Å². The van der Waals surface area contributed by atoms with E-state index in [4.69, 9.17) is 12.2 Å². The standard InChI is InChI=1S/C30H33FN2OS/c1-29(2,3)23-11-9-21(10-12-23)27(34)22-7-6-8-26(19-22)33-28(35)32-20-30(17-4-5-18-30)24-13-15-25(31)16-14-24/h6-16,19H,4-5,17-18,20H2,1-3H3,(H2,32,33,35). The molecule has 182 valence electrons. The molecule has 0 amide bonds. The van der Waals surface area contributed by atoms with Gasteiger partial charge in [-0.1, -0.05) is 82.1 Å². The van der Waals surface area contributed by atoms with Crippen molar-refractivity contribution < 1.29 is 9.18 Å². The summed E-state index contributed by atoms with van der Waals surface area (Å²) >= 11 is 5.58. The van der Waals surface area contributed by atoms with E-state index >= 15 is 0 Å². The second-order valence-electron chi connectivity index (χ2n) is 10.5. The van der Waals surface area contributed by atoms with E-state index in [1.165, 1.54) is 17.7 Å². The number of nitrogens with one attached hydrogen (secondary N) is 2. The molecule has 1 aliphatic carbocycles. The highest BCUT2D eigenvalue weighted by Gasteiger charge is 2.35. The van der Waals surface area contributed by atoms with E-state index in [-0.39, 0.29) is 22.4 Å². The summed E-state index contributed by atoms with van der Waals surface area (Å²) in [7, 11) is 0. The minimum absolute atomic E-state index is 0.0193. The molecule has 4 rings (SSSR count). The Balaban J connectivity index is 1.41. The van der Waals surface area contributed by atoms with Crippen molar-refractivity contribution in [2.45, 2.75) is 57.3 Å². The molecule has 2 N–H and O–H groups in total. The van der Waals surface area contributed by atoms with Crippen molar-refractivity contribution in [2.24, 2.45) is 0 Å². The van der Waals surface area contributed by atoms with Crippen LogP contribution >= 0.6 is 12.2 Å². The first-order valence-corrected chi connectivity index (χ1v) is 12.6. The van der Waals surface area contributed by atoms with Gasteiger partial charge in [0.1, 0.15) is 5.82 Å². The number of carbonyl (C=O) groups excluding carboxylic acids is 1. The molecule has 1 saturated carbocycles. The van der Waals surface area contributed by atoms with Crippen LogP contribution in [-0.4, -0.2) is 17.4 Å². The van der Waals surface area contributed by atoms with E-state index in [2.05, 4.69) is 31.4 Å². The largest absolute Gasteiger partial charge is 0.362 e. The summed E-state index contributed by atoms with van der Waals surface area (Å²) in [6.45, 7) is 7.15. The van der Waals surface area contributed by atoms with Gasteiger partial charge in [-0.25, -0.2) is 4.39 Å². The summed E-state index contributed by atoms with van der Waals surface area (Å²) in [4.78, 5) is 13.1. The summed E-state index contributed by atoms with van der Waals surface area (Å²) in [6.07, 6.45) is 4.40. The van der Waals surface area contributed by atoms with Gasteiger partial charge in [0.25, 0.3) is 0 Å².